The third-order valence-corrected chi connectivity index (χ3v) is 3.75. The van der Waals surface area contributed by atoms with Crippen molar-refractivity contribution in [3.05, 3.63) is 66.2 Å². The van der Waals surface area contributed by atoms with E-state index in [1.54, 1.807) is 0 Å². The van der Waals surface area contributed by atoms with Crippen molar-refractivity contribution < 1.29 is 0 Å². The Bertz CT molecular complexity index is 749. The number of anilines is 2. The van der Waals surface area contributed by atoms with E-state index in [1.807, 2.05) is 6.07 Å². The molecule has 2 heteroatoms. The molecule has 0 fully saturated rings. The summed E-state index contributed by atoms with van der Waals surface area (Å²) in [6.07, 6.45) is 1.10. The smallest absolute Gasteiger partial charge is 0.133 e. The summed E-state index contributed by atoms with van der Waals surface area (Å²) in [5.41, 5.74) is 3.77. The van der Waals surface area contributed by atoms with Crippen molar-refractivity contribution >= 4 is 22.4 Å². The maximum atomic E-state index is 4.78. The molecule has 2 aromatic carbocycles. The van der Waals surface area contributed by atoms with Gasteiger partial charge in [0.1, 0.15) is 5.82 Å². The zero-order chi connectivity index (χ0) is 12.7. The first-order valence-electron chi connectivity index (χ1n) is 6.63. The Morgan fingerprint density at radius 3 is 2.68 bits per heavy atom. The molecule has 2 heterocycles. The SMILES string of the molecule is c1ccc2c(c1)CCN2c1ccc2ccccc2n1. The summed E-state index contributed by atoms with van der Waals surface area (Å²) in [4.78, 5) is 7.09. The second kappa shape index (κ2) is 4.09. The average molecular weight is 246 g/mol. The quantitative estimate of drug-likeness (QED) is 0.646. The second-order valence-corrected chi connectivity index (χ2v) is 4.89. The van der Waals surface area contributed by atoms with Crippen LogP contribution in [0.4, 0.5) is 11.5 Å². The molecule has 0 amide bonds. The molecule has 0 saturated heterocycles. The molecule has 19 heavy (non-hydrogen) atoms. The molecule has 92 valence electrons. The molecule has 0 atom stereocenters. The third kappa shape index (κ3) is 1.68. The highest BCUT2D eigenvalue weighted by molar-refractivity contribution is 5.81. The van der Waals surface area contributed by atoms with E-state index in [4.69, 9.17) is 4.98 Å². The fourth-order valence-electron chi connectivity index (χ4n) is 2.78. The van der Waals surface area contributed by atoms with Gasteiger partial charge in [-0.05, 0) is 36.2 Å². The predicted octanol–water partition coefficient (Wildman–Crippen LogP) is 3.93. The number of rotatable bonds is 1. The Labute approximate surface area is 112 Å². The Balaban J connectivity index is 1.83. The average Bonchev–Trinajstić information content (AvgIpc) is 2.91. The zero-order valence-electron chi connectivity index (χ0n) is 10.6. The van der Waals surface area contributed by atoms with E-state index >= 15 is 0 Å². The minimum atomic E-state index is 1.02. The van der Waals surface area contributed by atoms with E-state index in [9.17, 15) is 0 Å². The van der Waals surface area contributed by atoms with Gasteiger partial charge in [-0.3, -0.25) is 0 Å². The zero-order valence-corrected chi connectivity index (χ0v) is 10.6. The molecule has 3 aromatic rings. The van der Waals surface area contributed by atoms with Gasteiger partial charge in [-0.15, -0.1) is 0 Å². The molecule has 1 aromatic heterocycles. The number of fused-ring (bicyclic) bond motifs is 2. The van der Waals surface area contributed by atoms with Gasteiger partial charge in [0.15, 0.2) is 0 Å². The number of hydrogen-bond acceptors (Lipinski definition) is 2. The minimum Gasteiger partial charge on any atom is -0.326 e. The topological polar surface area (TPSA) is 16.1 Å². The molecule has 0 radical (unpaired) electrons. The summed E-state index contributed by atoms with van der Waals surface area (Å²) in [6.45, 7) is 1.02. The van der Waals surface area contributed by atoms with Gasteiger partial charge in [0.25, 0.3) is 0 Å². The molecule has 0 saturated carbocycles. The molecule has 0 N–H and O–H groups in total. The highest BCUT2D eigenvalue weighted by Crippen LogP contribution is 2.33. The lowest BCUT2D eigenvalue weighted by atomic mass is 10.2. The van der Waals surface area contributed by atoms with Crippen molar-refractivity contribution in [1.29, 1.82) is 0 Å². The van der Waals surface area contributed by atoms with Crippen LogP contribution in [0.5, 0.6) is 0 Å². The fraction of sp³-hybridized carbons (Fsp3) is 0.118. The lowest BCUT2D eigenvalue weighted by molar-refractivity contribution is 0.979. The molecule has 0 bridgehead atoms. The molecule has 1 aliphatic heterocycles. The summed E-state index contributed by atoms with van der Waals surface area (Å²) in [6, 6.07) is 21.1. The van der Waals surface area contributed by atoms with Gasteiger partial charge in [-0.1, -0.05) is 36.4 Å². The van der Waals surface area contributed by atoms with Crippen LogP contribution in [0.15, 0.2) is 60.7 Å². The lowest BCUT2D eigenvalue weighted by Crippen LogP contribution is -2.14. The summed E-state index contributed by atoms with van der Waals surface area (Å²) in [5, 5.41) is 1.19. The Kier molecular flexibility index (Phi) is 2.27. The van der Waals surface area contributed by atoms with Crippen LogP contribution in [-0.4, -0.2) is 11.5 Å². The number of para-hydroxylation sites is 2. The van der Waals surface area contributed by atoms with Crippen LogP contribution >= 0.6 is 0 Å². The van der Waals surface area contributed by atoms with Gasteiger partial charge in [0.2, 0.25) is 0 Å². The van der Waals surface area contributed by atoms with Crippen molar-refractivity contribution in [2.45, 2.75) is 6.42 Å². The van der Waals surface area contributed by atoms with Crippen LogP contribution < -0.4 is 4.90 Å². The summed E-state index contributed by atoms with van der Waals surface area (Å²) < 4.78 is 0. The fourth-order valence-corrected chi connectivity index (χ4v) is 2.78. The first-order chi connectivity index (χ1) is 9.42. The summed E-state index contributed by atoms with van der Waals surface area (Å²) >= 11 is 0. The minimum absolute atomic E-state index is 1.02. The van der Waals surface area contributed by atoms with Gasteiger partial charge in [0.05, 0.1) is 5.52 Å². The third-order valence-electron chi connectivity index (χ3n) is 3.75. The Morgan fingerprint density at radius 2 is 1.68 bits per heavy atom. The van der Waals surface area contributed by atoms with Gasteiger partial charge >= 0.3 is 0 Å². The number of aromatic nitrogens is 1. The van der Waals surface area contributed by atoms with E-state index in [1.165, 1.54) is 16.6 Å². The van der Waals surface area contributed by atoms with Crippen molar-refractivity contribution in [2.75, 3.05) is 11.4 Å². The van der Waals surface area contributed by atoms with Crippen LogP contribution in [0.25, 0.3) is 10.9 Å². The molecular weight excluding hydrogens is 232 g/mol. The maximum Gasteiger partial charge on any atom is 0.133 e. The van der Waals surface area contributed by atoms with E-state index in [2.05, 4.69) is 59.5 Å². The van der Waals surface area contributed by atoms with E-state index in [0.29, 0.717) is 0 Å². The predicted molar refractivity (Wildman–Crippen MR) is 78.9 cm³/mol. The molecule has 4 rings (SSSR count). The van der Waals surface area contributed by atoms with Crippen molar-refractivity contribution in [3.8, 4) is 0 Å². The van der Waals surface area contributed by atoms with Crippen LogP contribution in [0.1, 0.15) is 5.56 Å². The molecule has 2 nitrogen and oxygen atoms in total. The first-order valence-corrected chi connectivity index (χ1v) is 6.63. The van der Waals surface area contributed by atoms with Crippen LogP contribution in [0.3, 0.4) is 0 Å². The highest BCUT2D eigenvalue weighted by Gasteiger charge is 2.20. The maximum absolute atomic E-state index is 4.78. The second-order valence-electron chi connectivity index (χ2n) is 4.89. The number of pyridine rings is 1. The monoisotopic (exact) mass is 246 g/mol. The van der Waals surface area contributed by atoms with Crippen LogP contribution in [-0.2, 0) is 6.42 Å². The molecule has 0 unspecified atom stereocenters. The standard InChI is InChI=1S/C17H14N2/c1-3-7-15-13(5-1)9-10-17(18-15)19-12-11-14-6-2-4-8-16(14)19/h1-10H,11-12H2. The number of hydrogen-bond donors (Lipinski definition) is 0. The van der Waals surface area contributed by atoms with Gasteiger partial charge in [-0.25, -0.2) is 4.98 Å². The Hall–Kier alpha value is -2.35. The lowest BCUT2D eigenvalue weighted by Gasteiger charge is -2.18. The van der Waals surface area contributed by atoms with E-state index in [0.717, 1.165) is 24.3 Å². The van der Waals surface area contributed by atoms with E-state index in [-0.39, 0.29) is 0 Å². The van der Waals surface area contributed by atoms with Crippen molar-refractivity contribution in [1.82, 2.24) is 4.98 Å². The summed E-state index contributed by atoms with van der Waals surface area (Å²) in [5.74, 6) is 1.05. The molecule has 0 spiro atoms. The van der Waals surface area contributed by atoms with Gasteiger partial charge in [-0.2, -0.15) is 0 Å². The van der Waals surface area contributed by atoms with Crippen LogP contribution in [0, 0.1) is 0 Å². The number of benzene rings is 2. The van der Waals surface area contributed by atoms with Gasteiger partial charge in [0, 0.05) is 17.6 Å². The Morgan fingerprint density at radius 1 is 0.842 bits per heavy atom. The molecular formula is C17H14N2. The number of nitrogens with zero attached hydrogens (tertiary/aromatic N) is 2. The summed E-state index contributed by atoms with van der Waals surface area (Å²) in [7, 11) is 0. The van der Waals surface area contributed by atoms with Gasteiger partial charge < -0.3 is 4.90 Å². The molecule has 0 aliphatic carbocycles. The largest absolute Gasteiger partial charge is 0.326 e. The van der Waals surface area contributed by atoms with Crippen molar-refractivity contribution in [3.63, 3.8) is 0 Å². The highest BCUT2D eigenvalue weighted by atomic mass is 15.2. The molecule has 1 aliphatic rings. The van der Waals surface area contributed by atoms with Crippen molar-refractivity contribution in [2.24, 2.45) is 0 Å². The van der Waals surface area contributed by atoms with E-state index < -0.39 is 0 Å². The van der Waals surface area contributed by atoms with Crippen LogP contribution in [0.2, 0.25) is 0 Å². The normalized spacial score (nSPS) is 13.8. The first kappa shape index (κ1) is 10.6.